The monoisotopic (exact) mass is 284 g/mol. The van der Waals surface area contributed by atoms with Gasteiger partial charge in [-0.2, -0.15) is 0 Å². The van der Waals surface area contributed by atoms with Crippen LogP contribution in [0.5, 0.6) is 0 Å². The van der Waals surface area contributed by atoms with Gasteiger partial charge in [-0.15, -0.1) is 0 Å². The van der Waals surface area contributed by atoms with Gasteiger partial charge < -0.3 is 0 Å². The lowest BCUT2D eigenvalue weighted by molar-refractivity contribution is -0.117. The Morgan fingerprint density at radius 3 is 2.50 bits per heavy atom. The van der Waals surface area contributed by atoms with Crippen molar-refractivity contribution in [3.05, 3.63) is 59.1 Å². The quantitative estimate of drug-likeness (QED) is 0.782. The fraction of sp³-hybridized carbons (Fsp3) is 0.278. The Morgan fingerprint density at radius 2 is 1.85 bits per heavy atom. The standard InChI is InChI=1S/C18H17ClO/c19-17-3-1-2-16(12-17)15-7-4-13(5-8-15)10-14-6-9-18(20)11-14/h1-5,7-8,12,14H,6,9-11H2/t14-/m0/s1. The van der Waals surface area contributed by atoms with E-state index in [1.54, 1.807) is 0 Å². The molecule has 0 aromatic heterocycles. The molecule has 0 heterocycles. The molecule has 3 rings (SSSR count). The number of ketones is 1. The molecule has 102 valence electrons. The van der Waals surface area contributed by atoms with Gasteiger partial charge in [0.25, 0.3) is 0 Å². The van der Waals surface area contributed by atoms with Crippen molar-refractivity contribution in [2.75, 3.05) is 0 Å². The minimum Gasteiger partial charge on any atom is -0.300 e. The summed E-state index contributed by atoms with van der Waals surface area (Å²) in [6, 6.07) is 16.5. The Hall–Kier alpha value is -1.60. The van der Waals surface area contributed by atoms with Crippen LogP contribution in [0.4, 0.5) is 0 Å². The van der Waals surface area contributed by atoms with Crippen LogP contribution in [0.2, 0.25) is 5.02 Å². The van der Waals surface area contributed by atoms with E-state index in [9.17, 15) is 4.79 Å². The third-order valence-electron chi connectivity index (χ3n) is 3.98. The molecule has 2 aromatic carbocycles. The summed E-state index contributed by atoms with van der Waals surface area (Å²) in [7, 11) is 0. The van der Waals surface area contributed by atoms with E-state index >= 15 is 0 Å². The number of Topliss-reactive ketones (excluding diaryl/α,β-unsaturated/α-hetero) is 1. The van der Waals surface area contributed by atoms with Crippen molar-refractivity contribution in [2.45, 2.75) is 25.7 Å². The summed E-state index contributed by atoms with van der Waals surface area (Å²) in [5.74, 6) is 0.963. The van der Waals surface area contributed by atoms with Crippen molar-refractivity contribution in [3.63, 3.8) is 0 Å². The first-order chi connectivity index (χ1) is 9.70. The van der Waals surface area contributed by atoms with Crippen LogP contribution in [-0.4, -0.2) is 5.78 Å². The third kappa shape index (κ3) is 3.10. The van der Waals surface area contributed by atoms with Gasteiger partial charge in [-0.1, -0.05) is 48.0 Å². The van der Waals surface area contributed by atoms with Crippen molar-refractivity contribution in [3.8, 4) is 11.1 Å². The van der Waals surface area contributed by atoms with Gasteiger partial charge in [0.1, 0.15) is 5.78 Å². The summed E-state index contributed by atoms with van der Waals surface area (Å²) in [5.41, 5.74) is 3.63. The Morgan fingerprint density at radius 1 is 1.05 bits per heavy atom. The highest BCUT2D eigenvalue weighted by atomic mass is 35.5. The number of hydrogen-bond donors (Lipinski definition) is 0. The molecule has 1 saturated carbocycles. The average Bonchev–Trinajstić information content (AvgIpc) is 2.85. The molecule has 0 bridgehead atoms. The second-order valence-electron chi connectivity index (χ2n) is 5.56. The van der Waals surface area contributed by atoms with Gasteiger partial charge in [0.2, 0.25) is 0 Å². The molecule has 0 amide bonds. The van der Waals surface area contributed by atoms with E-state index in [2.05, 4.69) is 30.3 Å². The number of hydrogen-bond acceptors (Lipinski definition) is 1. The maximum absolute atomic E-state index is 11.3. The lowest BCUT2D eigenvalue weighted by atomic mass is 9.96. The van der Waals surface area contributed by atoms with E-state index in [1.807, 2.05) is 18.2 Å². The highest BCUT2D eigenvalue weighted by molar-refractivity contribution is 6.30. The first-order valence-corrected chi connectivity index (χ1v) is 7.45. The Balaban J connectivity index is 1.73. The smallest absolute Gasteiger partial charge is 0.133 e. The van der Waals surface area contributed by atoms with Gasteiger partial charge in [-0.05, 0) is 47.6 Å². The first kappa shape index (κ1) is 13.4. The third-order valence-corrected chi connectivity index (χ3v) is 4.22. The Labute approximate surface area is 124 Å². The van der Waals surface area contributed by atoms with Crippen molar-refractivity contribution in [2.24, 2.45) is 5.92 Å². The van der Waals surface area contributed by atoms with Crippen LogP contribution in [0.1, 0.15) is 24.8 Å². The van der Waals surface area contributed by atoms with Crippen molar-refractivity contribution in [1.82, 2.24) is 0 Å². The zero-order valence-corrected chi connectivity index (χ0v) is 12.1. The summed E-state index contributed by atoms with van der Waals surface area (Å²) in [5, 5.41) is 0.760. The zero-order chi connectivity index (χ0) is 13.9. The molecule has 0 saturated heterocycles. The minimum absolute atomic E-state index is 0.422. The highest BCUT2D eigenvalue weighted by Crippen LogP contribution is 2.27. The largest absolute Gasteiger partial charge is 0.300 e. The predicted molar refractivity (Wildman–Crippen MR) is 82.9 cm³/mol. The highest BCUT2D eigenvalue weighted by Gasteiger charge is 2.21. The lowest BCUT2D eigenvalue weighted by Gasteiger charge is -2.09. The van der Waals surface area contributed by atoms with Crippen LogP contribution >= 0.6 is 11.6 Å². The van der Waals surface area contributed by atoms with Gasteiger partial charge in [-0.3, -0.25) is 4.79 Å². The molecule has 2 heteroatoms. The number of carbonyl (C=O) groups excluding carboxylic acids is 1. The second kappa shape index (κ2) is 5.80. The number of halogens is 1. The van der Waals surface area contributed by atoms with Gasteiger partial charge in [0.15, 0.2) is 0 Å². The van der Waals surface area contributed by atoms with Gasteiger partial charge in [-0.25, -0.2) is 0 Å². The van der Waals surface area contributed by atoms with Crippen molar-refractivity contribution >= 4 is 17.4 Å². The molecule has 1 atom stereocenters. The molecule has 0 N–H and O–H groups in total. The molecular weight excluding hydrogens is 268 g/mol. The molecule has 1 aliphatic rings. The van der Waals surface area contributed by atoms with Crippen molar-refractivity contribution < 1.29 is 4.79 Å². The van der Waals surface area contributed by atoms with E-state index in [4.69, 9.17) is 11.6 Å². The maximum atomic E-state index is 11.3. The van der Waals surface area contributed by atoms with Crippen LogP contribution in [0.25, 0.3) is 11.1 Å². The lowest BCUT2D eigenvalue weighted by Crippen LogP contribution is -2.00. The summed E-state index contributed by atoms with van der Waals surface area (Å²) < 4.78 is 0. The van der Waals surface area contributed by atoms with Gasteiger partial charge >= 0.3 is 0 Å². The second-order valence-corrected chi connectivity index (χ2v) is 6.00. The SMILES string of the molecule is O=C1CC[C@@H](Cc2ccc(-c3cccc(Cl)c3)cc2)C1. The van der Waals surface area contributed by atoms with E-state index < -0.39 is 0 Å². The van der Waals surface area contributed by atoms with Crippen LogP contribution in [0, 0.1) is 5.92 Å². The Kier molecular flexibility index (Phi) is 3.88. The molecule has 2 aromatic rings. The van der Waals surface area contributed by atoms with Crippen LogP contribution < -0.4 is 0 Å². The van der Waals surface area contributed by atoms with Crippen LogP contribution in [0.15, 0.2) is 48.5 Å². The number of benzene rings is 2. The molecule has 0 unspecified atom stereocenters. The van der Waals surface area contributed by atoms with Crippen molar-refractivity contribution in [1.29, 1.82) is 0 Å². The minimum atomic E-state index is 0.422. The molecule has 0 aliphatic heterocycles. The normalized spacial score (nSPS) is 18.4. The molecule has 20 heavy (non-hydrogen) atoms. The number of carbonyl (C=O) groups is 1. The van der Waals surface area contributed by atoms with Crippen LogP contribution in [-0.2, 0) is 11.2 Å². The summed E-state index contributed by atoms with van der Waals surface area (Å²) >= 11 is 6.02. The van der Waals surface area contributed by atoms with Crippen LogP contribution in [0.3, 0.4) is 0 Å². The number of rotatable bonds is 3. The average molecular weight is 285 g/mol. The maximum Gasteiger partial charge on any atom is 0.133 e. The predicted octanol–water partition coefficient (Wildman–Crippen LogP) is 4.92. The van der Waals surface area contributed by atoms with E-state index in [0.717, 1.165) is 36.3 Å². The summed E-state index contributed by atoms with van der Waals surface area (Å²) in [6.45, 7) is 0. The molecule has 0 spiro atoms. The molecule has 1 fully saturated rings. The molecule has 0 radical (unpaired) electrons. The zero-order valence-electron chi connectivity index (χ0n) is 11.3. The van der Waals surface area contributed by atoms with E-state index in [-0.39, 0.29) is 0 Å². The first-order valence-electron chi connectivity index (χ1n) is 7.07. The molecule has 1 nitrogen and oxygen atoms in total. The molecular formula is C18H17ClO. The molecule has 1 aliphatic carbocycles. The topological polar surface area (TPSA) is 17.1 Å². The van der Waals surface area contributed by atoms with E-state index in [1.165, 1.54) is 11.1 Å². The summed E-state index contributed by atoms with van der Waals surface area (Å²) in [6.07, 6.45) is 3.59. The van der Waals surface area contributed by atoms with Gasteiger partial charge in [0, 0.05) is 17.9 Å². The van der Waals surface area contributed by atoms with E-state index in [0.29, 0.717) is 11.7 Å². The fourth-order valence-electron chi connectivity index (χ4n) is 2.90. The Bertz CT molecular complexity index is 616. The fourth-order valence-corrected chi connectivity index (χ4v) is 3.09. The summed E-state index contributed by atoms with van der Waals surface area (Å²) in [4.78, 5) is 11.3. The van der Waals surface area contributed by atoms with Gasteiger partial charge in [0.05, 0.1) is 0 Å².